The fourth-order valence-electron chi connectivity index (χ4n) is 2.14. The van der Waals surface area contributed by atoms with Gasteiger partial charge in [0.2, 0.25) is 0 Å². The molecule has 0 atom stereocenters. The zero-order valence-corrected chi connectivity index (χ0v) is 14.5. The summed E-state index contributed by atoms with van der Waals surface area (Å²) in [5.41, 5.74) is 1.79. The summed E-state index contributed by atoms with van der Waals surface area (Å²) in [6.45, 7) is 0.622. The SMILES string of the molecule is O=C(/N=c1\[cH-][n+](CCc2ccccc2)no1)Nc1ccc(Cl)c(Cl)c1. The maximum Gasteiger partial charge on any atom is 0.346 e. The average Bonchev–Trinajstić information content (AvgIpc) is 3.04. The number of amides is 2. The molecule has 3 rings (SSSR count). The largest absolute Gasteiger partial charge is 0.346 e. The molecule has 0 saturated carbocycles. The number of hydrogen-bond acceptors (Lipinski definition) is 3. The molecule has 0 fully saturated rings. The molecule has 2 amide bonds. The van der Waals surface area contributed by atoms with Crippen LogP contribution in [0, 0.1) is 0 Å². The lowest BCUT2D eigenvalue weighted by atomic mass is 10.1. The molecule has 0 aliphatic heterocycles. The van der Waals surface area contributed by atoms with Gasteiger partial charge in [-0.15, -0.1) is 0 Å². The number of rotatable bonds is 4. The molecular weight excluding hydrogens is 363 g/mol. The lowest BCUT2D eigenvalue weighted by Crippen LogP contribution is -2.36. The number of aryl methyl sites for hydroxylation is 2. The summed E-state index contributed by atoms with van der Waals surface area (Å²) < 4.78 is 6.64. The second kappa shape index (κ2) is 8.00. The van der Waals surface area contributed by atoms with Crippen molar-refractivity contribution in [3.8, 4) is 0 Å². The van der Waals surface area contributed by atoms with Gasteiger partial charge in [-0.3, -0.25) is 0 Å². The Bertz CT molecular complexity index is 935. The topological polar surface area (TPSA) is 71.4 Å². The highest BCUT2D eigenvalue weighted by molar-refractivity contribution is 6.42. The van der Waals surface area contributed by atoms with E-state index in [4.69, 9.17) is 27.7 Å². The summed E-state index contributed by atoms with van der Waals surface area (Å²) in [7, 11) is 0. The summed E-state index contributed by atoms with van der Waals surface area (Å²) in [6, 6.07) is 14.2. The maximum absolute atomic E-state index is 11.9. The number of carbonyl (C=O) groups is 1. The molecule has 3 aromatic rings. The smallest absolute Gasteiger partial charge is 0.321 e. The predicted octanol–water partition coefficient (Wildman–Crippen LogP) is 3.36. The van der Waals surface area contributed by atoms with E-state index in [0.717, 1.165) is 6.42 Å². The first-order valence-corrected chi connectivity index (χ1v) is 8.24. The molecule has 0 saturated heterocycles. The van der Waals surface area contributed by atoms with E-state index in [0.29, 0.717) is 22.3 Å². The van der Waals surface area contributed by atoms with Gasteiger partial charge in [0.05, 0.1) is 10.0 Å². The molecule has 0 radical (unpaired) electrons. The van der Waals surface area contributed by atoms with E-state index in [1.807, 2.05) is 30.3 Å². The number of nitrogens with one attached hydrogen (secondary N) is 1. The molecule has 0 spiro atoms. The number of halogens is 2. The molecule has 6 nitrogen and oxygen atoms in total. The van der Waals surface area contributed by atoms with Crippen molar-refractivity contribution in [3.05, 3.63) is 75.9 Å². The van der Waals surface area contributed by atoms with E-state index in [9.17, 15) is 4.79 Å². The van der Waals surface area contributed by atoms with Gasteiger partial charge in [-0.25, -0.2) is 9.48 Å². The number of benzene rings is 2. The van der Waals surface area contributed by atoms with Crippen molar-refractivity contribution in [1.29, 1.82) is 0 Å². The highest BCUT2D eigenvalue weighted by Crippen LogP contribution is 2.24. The van der Waals surface area contributed by atoms with Crippen LogP contribution in [0.1, 0.15) is 5.56 Å². The second-order valence-electron chi connectivity index (χ2n) is 5.21. The van der Waals surface area contributed by atoms with E-state index in [1.165, 1.54) is 11.6 Å². The first-order valence-electron chi connectivity index (χ1n) is 7.48. The van der Waals surface area contributed by atoms with Gasteiger partial charge in [-0.1, -0.05) is 53.5 Å². The number of nitrogens with zero attached hydrogens (tertiary/aromatic N) is 3. The van der Waals surface area contributed by atoms with Gasteiger partial charge >= 0.3 is 6.03 Å². The Labute approximate surface area is 153 Å². The van der Waals surface area contributed by atoms with Gasteiger partial charge in [-0.05, 0) is 30.0 Å². The summed E-state index contributed by atoms with van der Waals surface area (Å²) in [5, 5.41) is 7.18. The number of urea groups is 1. The van der Waals surface area contributed by atoms with Crippen LogP contribution < -0.4 is 15.6 Å². The van der Waals surface area contributed by atoms with Crippen molar-refractivity contribution >= 4 is 34.9 Å². The van der Waals surface area contributed by atoms with Crippen LogP contribution in [-0.2, 0) is 13.0 Å². The Hall–Kier alpha value is -2.57. The minimum Gasteiger partial charge on any atom is -0.321 e. The lowest BCUT2D eigenvalue weighted by molar-refractivity contribution is -0.761. The summed E-state index contributed by atoms with van der Waals surface area (Å²) in [4.78, 5) is 15.7. The predicted molar refractivity (Wildman–Crippen MR) is 93.5 cm³/mol. The Balaban J connectivity index is 1.62. The van der Waals surface area contributed by atoms with Crippen molar-refractivity contribution in [3.63, 3.8) is 0 Å². The zero-order valence-electron chi connectivity index (χ0n) is 13.0. The fraction of sp³-hybridized carbons (Fsp3) is 0.118. The van der Waals surface area contributed by atoms with Gasteiger partial charge in [-0.2, -0.15) is 4.99 Å². The third-order valence-corrected chi connectivity index (χ3v) is 4.09. The number of anilines is 1. The Morgan fingerprint density at radius 3 is 2.76 bits per heavy atom. The molecule has 0 bridgehead atoms. The van der Waals surface area contributed by atoms with Crippen LogP contribution >= 0.6 is 23.2 Å². The van der Waals surface area contributed by atoms with E-state index in [-0.39, 0.29) is 5.55 Å². The quantitative estimate of drug-likeness (QED) is 0.560. The van der Waals surface area contributed by atoms with Gasteiger partial charge < -0.3 is 9.84 Å². The Morgan fingerprint density at radius 2 is 2.00 bits per heavy atom. The summed E-state index contributed by atoms with van der Waals surface area (Å²) in [5.74, 6) is 0. The molecule has 0 unspecified atom stereocenters. The molecule has 0 aliphatic carbocycles. The van der Waals surface area contributed by atoms with Crippen LogP contribution in [-0.4, -0.2) is 11.3 Å². The van der Waals surface area contributed by atoms with Crippen LogP contribution in [0.2, 0.25) is 10.0 Å². The first-order chi connectivity index (χ1) is 12.1. The van der Waals surface area contributed by atoms with Crippen LogP contribution in [0.4, 0.5) is 10.5 Å². The summed E-state index contributed by atoms with van der Waals surface area (Å²) in [6.07, 6.45) is 2.37. The first kappa shape index (κ1) is 17.3. The molecule has 1 N–H and O–H groups in total. The van der Waals surface area contributed by atoms with Gasteiger partial charge in [0.25, 0.3) is 0 Å². The van der Waals surface area contributed by atoms with Crippen molar-refractivity contribution < 1.29 is 14.0 Å². The number of carbonyl (C=O) groups excluding carboxylic acids is 1. The van der Waals surface area contributed by atoms with Crippen LogP contribution in [0.15, 0.2) is 64.2 Å². The standard InChI is InChI=1S/C17H14Cl2N4O2/c18-14-7-6-13(10-15(14)19)20-17(24)21-16-11-23(22-25-16)9-8-12-4-2-1-3-5-12/h1-7,10-11H,8-9H2,(H,20,24)/b21-16+. The number of hydrogen-bond donors (Lipinski definition) is 1. The Morgan fingerprint density at radius 1 is 1.20 bits per heavy atom. The third kappa shape index (κ3) is 4.95. The van der Waals surface area contributed by atoms with E-state index in [2.05, 4.69) is 15.6 Å². The fourth-order valence-corrected chi connectivity index (χ4v) is 2.44. The molecular formula is C17H14Cl2N4O2. The lowest BCUT2D eigenvalue weighted by Gasteiger charge is -2.02. The molecule has 0 aliphatic rings. The molecule has 2 aromatic carbocycles. The van der Waals surface area contributed by atoms with Crippen molar-refractivity contribution in [2.75, 3.05) is 5.32 Å². The van der Waals surface area contributed by atoms with E-state index in [1.54, 1.807) is 23.0 Å². The molecule has 1 heterocycles. The van der Waals surface area contributed by atoms with Gasteiger partial charge in [0.1, 0.15) is 6.54 Å². The Kier molecular flexibility index (Phi) is 5.53. The maximum atomic E-state index is 11.9. The van der Waals surface area contributed by atoms with Crippen molar-refractivity contribution in [2.24, 2.45) is 4.99 Å². The van der Waals surface area contributed by atoms with Crippen LogP contribution in [0.5, 0.6) is 0 Å². The monoisotopic (exact) mass is 376 g/mol. The summed E-state index contributed by atoms with van der Waals surface area (Å²) >= 11 is 11.7. The second-order valence-corrected chi connectivity index (χ2v) is 6.02. The highest BCUT2D eigenvalue weighted by Gasteiger charge is 2.04. The van der Waals surface area contributed by atoms with Gasteiger partial charge in [0.15, 0.2) is 10.8 Å². The molecule has 25 heavy (non-hydrogen) atoms. The average molecular weight is 377 g/mol. The number of aromatic nitrogens is 2. The van der Waals surface area contributed by atoms with E-state index < -0.39 is 6.03 Å². The van der Waals surface area contributed by atoms with Crippen molar-refractivity contribution in [1.82, 2.24) is 5.27 Å². The van der Waals surface area contributed by atoms with Gasteiger partial charge in [0, 0.05) is 12.1 Å². The van der Waals surface area contributed by atoms with Crippen molar-refractivity contribution in [2.45, 2.75) is 13.0 Å². The molecule has 128 valence electrons. The van der Waals surface area contributed by atoms with Crippen LogP contribution in [0.25, 0.3) is 0 Å². The van der Waals surface area contributed by atoms with E-state index >= 15 is 0 Å². The third-order valence-electron chi connectivity index (χ3n) is 3.35. The normalized spacial score (nSPS) is 11.5. The van der Waals surface area contributed by atoms with Crippen LogP contribution in [0.3, 0.4) is 0 Å². The molecule has 1 aromatic heterocycles. The highest BCUT2D eigenvalue weighted by atomic mass is 35.5. The zero-order chi connectivity index (χ0) is 17.6. The molecule has 8 heteroatoms. The minimum absolute atomic E-state index is 0.116. The minimum atomic E-state index is -0.593.